The van der Waals surface area contributed by atoms with Crippen LogP contribution in [0.4, 0.5) is 0 Å². The minimum atomic E-state index is 0.181. The first kappa shape index (κ1) is 15.7. The van der Waals surface area contributed by atoms with Gasteiger partial charge in [0.25, 0.3) is 0 Å². The van der Waals surface area contributed by atoms with Gasteiger partial charge in [0.15, 0.2) is 5.78 Å². The lowest BCUT2D eigenvalue weighted by Gasteiger charge is -2.38. The molecule has 2 aliphatic rings. The zero-order valence-electron chi connectivity index (χ0n) is 13.7. The number of piperidine rings is 2. The van der Waals surface area contributed by atoms with E-state index in [0.717, 1.165) is 23.9 Å². The third kappa shape index (κ3) is 3.76. The van der Waals surface area contributed by atoms with Crippen LogP contribution >= 0.6 is 0 Å². The lowest BCUT2D eigenvalue weighted by Crippen LogP contribution is -2.39. The molecule has 0 aromatic heterocycles. The van der Waals surface area contributed by atoms with Gasteiger partial charge in [-0.2, -0.15) is 0 Å². The predicted octanol–water partition coefficient (Wildman–Crippen LogP) is 3.10. The first-order valence-electron chi connectivity index (χ1n) is 8.76. The number of rotatable bonds is 4. The number of hydrogen-bond acceptors (Lipinski definition) is 3. The number of carbonyl (C=O) groups excluding carboxylic acids is 1. The fraction of sp³-hybridized carbons (Fsp3) is 0.632. The second kappa shape index (κ2) is 7.38. The molecule has 2 saturated heterocycles. The summed E-state index contributed by atoms with van der Waals surface area (Å²) in [5.74, 6) is 2.04. The third-order valence-corrected chi connectivity index (χ3v) is 5.47. The van der Waals surface area contributed by atoms with E-state index in [1.165, 1.54) is 57.4 Å². The van der Waals surface area contributed by atoms with Crippen molar-refractivity contribution in [1.29, 1.82) is 0 Å². The quantitative estimate of drug-likeness (QED) is 0.867. The maximum atomic E-state index is 11.7. The van der Waals surface area contributed by atoms with Gasteiger partial charge >= 0.3 is 0 Å². The van der Waals surface area contributed by atoms with Gasteiger partial charge in [-0.05, 0) is 76.2 Å². The van der Waals surface area contributed by atoms with E-state index >= 15 is 0 Å². The summed E-state index contributed by atoms with van der Waals surface area (Å²) in [5.41, 5.74) is 2.08. The van der Waals surface area contributed by atoms with Crippen LogP contribution in [0.2, 0.25) is 0 Å². The van der Waals surface area contributed by atoms with Gasteiger partial charge in [-0.3, -0.25) is 9.69 Å². The van der Waals surface area contributed by atoms with Crippen LogP contribution in [0.5, 0.6) is 0 Å². The molecule has 3 rings (SSSR count). The van der Waals surface area contributed by atoms with Gasteiger partial charge in [-0.15, -0.1) is 0 Å². The summed E-state index contributed by atoms with van der Waals surface area (Å²) in [5, 5.41) is 3.47. The summed E-state index contributed by atoms with van der Waals surface area (Å²) in [6.07, 6.45) is 5.37. The molecule has 1 aromatic carbocycles. The lowest BCUT2D eigenvalue weighted by molar-refractivity contribution is 0.101. The van der Waals surface area contributed by atoms with Crippen molar-refractivity contribution in [1.82, 2.24) is 10.2 Å². The zero-order valence-corrected chi connectivity index (χ0v) is 13.7. The summed E-state index contributed by atoms with van der Waals surface area (Å²) >= 11 is 0. The first-order chi connectivity index (χ1) is 10.7. The number of Topliss-reactive ketones (excluding diaryl/α,β-unsaturated/α-hetero) is 1. The SMILES string of the molecule is CC(=O)c1ccccc1CN1CCC(C2CCNCC2)CC1. The van der Waals surface area contributed by atoms with Crippen molar-refractivity contribution in [3.8, 4) is 0 Å². The third-order valence-electron chi connectivity index (χ3n) is 5.47. The van der Waals surface area contributed by atoms with Crippen molar-refractivity contribution in [2.75, 3.05) is 26.2 Å². The largest absolute Gasteiger partial charge is 0.317 e. The van der Waals surface area contributed by atoms with Crippen LogP contribution in [0.25, 0.3) is 0 Å². The highest BCUT2D eigenvalue weighted by Crippen LogP contribution is 2.31. The maximum absolute atomic E-state index is 11.7. The predicted molar refractivity (Wildman–Crippen MR) is 90.0 cm³/mol. The fourth-order valence-corrected chi connectivity index (χ4v) is 4.14. The van der Waals surface area contributed by atoms with Gasteiger partial charge in [0, 0.05) is 12.1 Å². The molecule has 1 N–H and O–H groups in total. The molecule has 0 unspecified atom stereocenters. The van der Waals surface area contributed by atoms with Crippen molar-refractivity contribution in [2.24, 2.45) is 11.8 Å². The average molecular weight is 300 g/mol. The van der Waals surface area contributed by atoms with Gasteiger partial charge < -0.3 is 5.32 Å². The van der Waals surface area contributed by atoms with Gasteiger partial charge in [0.05, 0.1) is 0 Å². The molecular weight excluding hydrogens is 272 g/mol. The summed E-state index contributed by atoms with van der Waals surface area (Å²) in [7, 11) is 0. The van der Waals surface area contributed by atoms with Crippen LogP contribution in [0.15, 0.2) is 24.3 Å². The molecular formula is C19H28N2O. The van der Waals surface area contributed by atoms with Crippen LogP contribution in [0.3, 0.4) is 0 Å². The second-order valence-corrected chi connectivity index (χ2v) is 6.91. The van der Waals surface area contributed by atoms with Gasteiger partial charge in [0.1, 0.15) is 0 Å². The van der Waals surface area contributed by atoms with E-state index in [2.05, 4.69) is 16.3 Å². The van der Waals surface area contributed by atoms with Crippen molar-refractivity contribution in [3.63, 3.8) is 0 Å². The molecule has 2 heterocycles. The smallest absolute Gasteiger partial charge is 0.160 e. The van der Waals surface area contributed by atoms with E-state index < -0.39 is 0 Å². The number of ketones is 1. The van der Waals surface area contributed by atoms with Gasteiger partial charge in [-0.25, -0.2) is 0 Å². The molecule has 0 saturated carbocycles. The molecule has 0 radical (unpaired) electrons. The lowest BCUT2D eigenvalue weighted by atomic mass is 9.79. The summed E-state index contributed by atoms with van der Waals surface area (Å²) in [4.78, 5) is 14.3. The Labute approximate surface area is 134 Å². The Morgan fingerprint density at radius 1 is 1.09 bits per heavy atom. The molecule has 3 heteroatoms. The molecule has 0 spiro atoms. The Balaban J connectivity index is 1.55. The Kier molecular flexibility index (Phi) is 5.27. The summed E-state index contributed by atoms with van der Waals surface area (Å²) < 4.78 is 0. The van der Waals surface area contributed by atoms with Crippen molar-refractivity contribution in [2.45, 2.75) is 39.2 Å². The topological polar surface area (TPSA) is 32.3 Å². The Bertz CT molecular complexity index is 500. The highest BCUT2D eigenvalue weighted by molar-refractivity contribution is 5.95. The Hall–Kier alpha value is -1.19. The molecule has 0 aliphatic carbocycles. The molecule has 3 nitrogen and oxygen atoms in total. The van der Waals surface area contributed by atoms with Gasteiger partial charge in [-0.1, -0.05) is 24.3 Å². The Morgan fingerprint density at radius 3 is 2.41 bits per heavy atom. The van der Waals surface area contributed by atoms with Crippen LogP contribution in [-0.4, -0.2) is 36.9 Å². The number of carbonyl (C=O) groups is 1. The highest BCUT2D eigenvalue weighted by atomic mass is 16.1. The van der Waals surface area contributed by atoms with Gasteiger partial charge in [0.2, 0.25) is 0 Å². The molecule has 2 fully saturated rings. The van der Waals surface area contributed by atoms with Crippen LogP contribution in [0.1, 0.15) is 48.5 Å². The first-order valence-corrected chi connectivity index (χ1v) is 8.76. The number of hydrogen-bond donors (Lipinski definition) is 1. The highest BCUT2D eigenvalue weighted by Gasteiger charge is 2.27. The van der Waals surface area contributed by atoms with E-state index in [1.807, 2.05) is 18.2 Å². The number of benzene rings is 1. The molecule has 0 atom stereocenters. The minimum absolute atomic E-state index is 0.181. The van der Waals surface area contributed by atoms with Crippen LogP contribution in [0, 0.1) is 11.8 Å². The molecule has 1 aromatic rings. The van der Waals surface area contributed by atoms with E-state index in [9.17, 15) is 4.79 Å². The molecule has 0 bridgehead atoms. The van der Waals surface area contributed by atoms with Crippen molar-refractivity contribution in [3.05, 3.63) is 35.4 Å². The van der Waals surface area contributed by atoms with Crippen LogP contribution < -0.4 is 5.32 Å². The average Bonchev–Trinajstić information content (AvgIpc) is 2.57. The number of nitrogens with zero attached hydrogens (tertiary/aromatic N) is 1. The van der Waals surface area contributed by atoms with E-state index in [0.29, 0.717) is 0 Å². The Morgan fingerprint density at radius 2 is 1.73 bits per heavy atom. The maximum Gasteiger partial charge on any atom is 0.160 e. The van der Waals surface area contributed by atoms with E-state index in [1.54, 1.807) is 6.92 Å². The minimum Gasteiger partial charge on any atom is -0.317 e. The second-order valence-electron chi connectivity index (χ2n) is 6.91. The number of likely N-dealkylation sites (tertiary alicyclic amines) is 1. The molecule has 2 aliphatic heterocycles. The van der Waals surface area contributed by atoms with Crippen LogP contribution in [-0.2, 0) is 6.54 Å². The van der Waals surface area contributed by atoms with E-state index in [4.69, 9.17) is 0 Å². The van der Waals surface area contributed by atoms with Crippen molar-refractivity contribution < 1.29 is 4.79 Å². The van der Waals surface area contributed by atoms with E-state index in [-0.39, 0.29) is 5.78 Å². The number of nitrogens with one attached hydrogen (secondary N) is 1. The van der Waals surface area contributed by atoms with Crippen molar-refractivity contribution >= 4 is 5.78 Å². The fourth-order valence-electron chi connectivity index (χ4n) is 4.14. The molecule has 0 amide bonds. The summed E-state index contributed by atoms with van der Waals surface area (Å²) in [6.45, 7) is 7.37. The molecule has 22 heavy (non-hydrogen) atoms. The monoisotopic (exact) mass is 300 g/mol. The normalized spacial score (nSPS) is 21.9. The molecule has 120 valence electrons. The zero-order chi connectivity index (χ0) is 15.4. The standard InChI is InChI=1S/C19H28N2O/c1-15(22)19-5-3-2-4-18(19)14-21-12-8-17(9-13-21)16-6-10-20-11-7-16/h2-5,16-17,20H,6-14H2,1H3. The summed E-state index contributed by atoms with van der Waals surface area (Å²) in [6, 6.07) is 8.07.